The van der Waals surface area contributed by atoms with Crippen molar-refractivity contribution in [2.75, 3.05) is 0 Å². The molecule has 0 aliphatic heterocycles. The molecule has 0 saturated heterocycles. The fourth-order valence-corrected chi connectivity index (χ4v) is 3.39. The van der Waals surface area contributed by atoms with Crippen LogP contribution in [0.4, 0.5) is 8.78 Å². The smallest absolute Gasteiger partial charge is 0.168 e. The fourth-order valence-electron chi connectivity index (χ4n) is 1.68. The zero-order valence-electron chi connectivity index (χ0n) is 9.47. The van der Waals surface area contributed by atoms with Gasteiger partial charge in [-0.1, -0.05) is 12.1 Å². The zero-order chi connectivity index (χ0) is 13.3. The van der Waals surface area contributed by atoms with E-state index in [9.17, 15) is 13.6 Å². The van der Waals surface area contributed by atoms with Crippen molar-refractivity contribution >= 4 is 33.0 Å². The standard InChI is InChI=1S/C13H9BrF2OS/c1-7-9(6-12(14)18-7)11(17)5-8-3-2-4-10(15)13(8)16/h2-4,6H,5H2,1H3. The molecule has 1 heterocycles. The van der Waals surface area contributed by atoms with Crippen molar-refractivity contribution in [1.29, 1.82) is 0 Å². The topological polar surface area (TPSA) is 17.1 Å². The summed E-state index contributed by atoms with van der Waals surface area (Å²) in [4.78, 5) is 12.9. The lowest BCUT2D eigenvalue weighted by atomic mass is 10.0. The second kappa shape index (κ2) is 5.28. The van der Waals surface area contributed by atoms with Crippen molar-refractivity contribution < 1.29 is 13.6 Å². The van der Waals surface area contributed by atoms with Gasteiger partial charge < -0.3 is 0 Å². The molecule has 0 aliphatic rings. The normalized spacial score (nSPS) is 10.7. The summed E-state index contributed by atoms with van der Waals surface area (Å²) < 4.78 is 27.3. The Labute approximate surface area is 116 Å². The molecular weight excluding hydrogens is 322 g/mol. The van der Waals surface area contributed by atoms with Crippen molar-refractivity contribution in [1.82, 2.24) is 0 Å². The summed E-state index contributed by atoms with van der Waals surface area (Å²) in [7, 11) is 0. The van der Waals surface area contributed by atoms with Crippen LogP contribution in [0.5, 0.6) is 0 Å². The molecular formula is C13H9BrF2OS. The molecule has 1 nitrogen and oxygen atoms in total. The van der Waals surface area contributed by atoms with Crippen LogP contribution in [-0.2, 0) is 6.42 Å². The monoisotopic (exact) mass is 330 g/mol. The molecule has 0 atom stereocenters. The number of halogens is 3. The molecule has 0 amide bonds. The average molecular weight is 331 g/mol. The van der Waals surface area contributed by atoms with Crippen LogP contribution in [-0.4, -0.2) is 5.78 Å². The van der Waals surface area contributed by atoms with E-state index in [2.05, 4.69) is 15.9 Å². The van der Waals surface area contributed by atoms with Gasteiger partial charge in [0.15, 0.2) is 17.4 Å². The highest BCUT2D eigenvalue weighted by Crippen LogP contribution is 2.27. The molecule has 0 aliphatic carbocycles. The lowest BCUT2D eigenvalue weighted by molar-refractivity contribution is 0.0991. The first kappa shape index (κ1) is 13.4. The zero-order valence-corrected chi connectivity index (χ0v) is 11.9. The molecule has 2 rings (SSSR count). The van der Waals surface area contributed by atoms with Crippen LogP contribution in [0.2, 0.25) is 0 Å². The van der Waals surface area contributed by atoms with Crippen LogP contribution < -0.4 is 0 Å². The molecule has 0 bridgehead atoms. The Balaban J connectivity index is 2.27. The first-order chi connectivity index (χ1) is 8.49. The summed E-state index contributed by atoms with van der Waals surface area (Å²) >= 11 is 4.74. The minimum Gasteiger partial charge on any atom is -0.294 e. The molecule has 0 N–H and O–H groups in total. The summed E-state index contributed by atoms with van der Waals surface area (Å²) in [6.07, 6.45) is -0.131. The van der Waals surface area contributed by atoms with Gasteiger partial charge in [-0.05, 0) is 40.5 Å². The molecule has 0 unspecified atom stereocenters. The minimum absolute atomic E-state index is 0.0849. The van der Waals surface area contributed by atoms with Crippen LogP contribution in [0.15, 0.2) is 28.1 Å². The van der Waals surface area contributed by atoms with Crippen molar-refractivity contribution in [3.63, 3.8) is 0 Å². The van der Waals surface area contributed by atoms with Gasteiger partial charge in [0, 0.05) is 16.9 Å². The molecule has 0 radical (unpaired) electrons. The van der Waals surface area contributed by atoms with Crippen LogP contribution in [0.1, 0.15) is 20.8 Å². The maximum atomic E-state index is 13.4. The van der Waals surface area contributed by atoms with E-state index in [1.54, 1.807) is 6.07 Å². The van der Waals surface area contributed by atoms with Gasteiger partial charge in [0.2, 0.25) is 0 Å². The van der Waals surface area contributed by atoms with Crippen LogP contribution in [0.3, 0.4) is 0 Å². The summed E-state index contributed by atoms with van der Waals surface area (Å²) in [5.74, 6) is -2.08. The Hall–Kier alpha value is -1.07. The third kappa shape index (κ3) is 2.67. The van der Waals surface area contributed by atoms with Gasteiger partial charge in [0.1, 0.15) is 0 Å². The fraction of sp³-hybridized carbons (Fsp3) is 0.154. The maximum absolute atomic E-state index is 13.4. The molecule has 2 aromatic rings. The lowest BCUT2D eigenvalue weighted by Crippen LogP contribution is -2.06. The Morgan fingerprint density at radius 3 is 2.72 bits per heavy atom. The van der Waals surface area contributed by atoms with Crippen molar-refractivity contribution in [2.24, 2.45) is 0 Å². The van der Waals surface area contributed by atoms with E-state index in [0.29, 0.717) is 5.56 Å². The Kier molecular flexibility index (Phi) is 3.92. The number of carbonyl (C=O) groups excluding carboxylic acids is 1. The molecule has 1 aromatic carbocycles. The average Bonchev–Trinajstić information content (AvgIpc) is 2.64. The van der Waals surface area contributed by atoms with Gasteiger partial charge in [-0.2, -0.15) is 0 Å². The predicted molar refractivity (Wildman–Crippen MR) is 71.1 cm³/mol. The number of carbonyl (C=O) groups is 1. The highest BCUT2D eigenvalue weighted by atomic mass is 79.9. The number of ketones is 1. The molecule has 18 heavy (non-hydrogen) atoms. The summed E-state index contributed by atoms with van der Waals surface area (Å²) in [5.41, 5.74) is 0.636. The SMILES string of the molecule is Cc1sc(Br)cc1C(=O)Cc1cccc(F)c1F. The van der Waals surface area contributed by atoms with Crippen molar-refractivity contribution in [3.05, 3.63) is 55.7 Å². The summed E-state index contributed by atoms with van der Waals surface area (Å²) in [6.45, 7) is 1.82. The largest absolute Gasteiger partial charge is 0.294 e. The van der Waals surface area contributed by atoms with Gasteiger partial charge >= 0.3 is 0 Å². The molecule has 1 aromatic heterocycles. The summed E-state index contributed by atoms with van der Waals surface area (Å²) in [5, 5.41) is 0. The molecule has 94 valence electrons. The number of hydrogen-bond donors (Lipinski definition) is 0. The minimum atomic E-state index is -0.946. The van der Waals surface area contributed by atoms with E-state index in [-0.39, 0.29) is 17.8 Å². The Bertz CT molecular complexity index is 607. The molecule has 0 fully saturated rings. The van der Waals surface area contributed by atoms with Crippen LogP contribution in [0.25, 0.3) is 0 Å². The second-order valence-electron chi connectivity index (χ2n) is 3.83. The second-order valence-corrected chi connectivity index (χ2v) is 6.47. The number of thiophene rings is 1. The highest BCUT2D eigenvalue weighted by molar-refractivity contribution is 9.11. The molecule has 5 heteroatoms. The van der Waals surface area contributed by atoms with E-state index >= 15 is 0 Å². The maximum Gasteiger partial charge on any atom is 0.168 e. The quantitative estimate of drug-likeness (QED) is 0.756. The lowest BCUT2D eigenvalue weighted by Gasteiger charge is -2.03. The van der Waals surface area contributed by atoms with E-state index < -0.39 is 11.6 Å². The number of aryl methyl sites for hydroxylation is 1. The number of rotatable bonds is 3. The van der Waals surface area contributed by atoms with E-state index in [0.717, 1.165) is 14.7 Å². The first-order valence-electron chi connectivity index (χ1n) is 5.21. The molecule has 0 saturated carbocycles. The third-order valence-electron chi connectivity index (χ3n) is 2.57. The third-order valence-corrected chi connectivity index (χ3v) is 4.12. The number of hydrogen-bond acceptors (Lipinski definition) is 2. The van der Waals surface area contributed by atoms with E-state index in [1.165, 1.54) is 23.5 Å². The highest BCUT2D eigenvalue weighted by Gasteiger charge is 2.16. The predicted octanol–water partition coefficient (Wildman–Crippen LogP) is 4.52. The first-order valence-corrected chi connectivity index (χ1v) is 6.82. The Morgan fingerprint density at radius 2 is 2.11 bits per heavy atom. The van der Waals surface area contributed by atoms with Crippen LogP contribution in [0, 0.1) is 18.6 Å². The van der Waals surface area contributed by atoms with Gasteiger partial charge in [0.25, 0.3) is 0 Å². The van der Waals surface area contributed by atoms with Gasteiger partial charge in [0.05, 0.1) is 3.79 Å². The number of benzene rings is 1. The van der Waals surface area contributed by atoms with Crippen molar-refractivity contribution in [2.45, 2.75) is 13.3 Å². The van der Waals surface area contributed by atoms with Gasteiger partial charge in [-0.3, -0.25) is 4.79 Å². The van der Waals surface area contributed by atoms with Gasteiger partial charge in [-0.15, -0.1) is 11.3 Å². The van der Waals surface area contributed by atoms with E-state index in [4.69, 9.17) is 0 Å². The molecule has 0 spiro atoms. The van der Waals surface area contributed by atoms with Gasteiger partial charge in [-0.25, -0.2) is 8.78 Å². The van der Waals surface area contributed by atoms with Crippen LogP contribution >= 0.6 is 27.3 Å². The summed E-state index contributed by atoms with van der Waals surface area (Å²) in [6, 6.07) is 5.57. The number of Topliss-reactive ketones (excluding diaryl/α,β-unsaturated/α-hetero) is 1. The van der Waals surface area contributed by atoms with E-state index in [1.807, 2.05) is 6.92 Å². The Morgan fingerprint density at radius 1 is 1.39 bits per heavy atom. The van der Waals surface area contributed by atoms with Crippen molar-refractivity contribution in [3.8, 4) is 0 Å².